The predicted octanol–water partition coefficient (Wildman–Crippen LogP) is 16.4. The normalized spacial score (nSPS) is 13.1. The number of benzene rings is 12. The van der Waals surface area contributed by atoms with Crippen molar-refractivity contribution in [1.82, 2.24) is 0 Å². The van der Waals surface area contributed by atoms with Gasteiger partial charge in [0.2, 0.25) is 0 Å². The van der Waals surface area contributed by atoms with Crippen LogP contribution in [-0.2, 0) is 49.1 Å². The molecule has 12 aromatic carbocycles. The van der Waals surface area contributed by atoms with Crippen molar-refractivity contribution in [2.45, 2.75) is 47.8 Å². The number of carbonyl (C=O) groups excluding carboxylic acids is 6. The lowest BCUT2D eigenvalue weighted by atomic mass is 9.80. The van der Waals surface area contributed by atoms with Gasteiger partial charge in [-0.2, -0.15) is 0 Å². The first-order valence-corrected chi connectivity index (χ1v) is 33.3. The van der Waals surface area contributed by atoms with Gasteiger partial charge in [-0.15, -0.1) is 0 Å². The summed E-state index contributed by atoms with van der Waals surface area (Å²) in [7, 11) is 0. The molecule has 0 saturated heterocycles. The lowest BCUT2D eigenvalue weighted by molar-refractivity contribution is -0.180. The fourth-order valence-corrected chi connectivity index (χ4v) is 12.3. The van der Waals surface area contributed by atoms with Crippen LogP contribution in [0.4, 0.5) is 0 Å². The van der Waals surface area contributed by atoms with Crippen LogP contribution in [0, 0.1) is 0 Å². The fourth-order valence-electron chi connectivity index (χ4n) is 12.3. The van der Waals surface area contributed by atoms with Crippen molar-refractivity contribution in [3.63, 3.8) is 0 Å². The van der Waals surface area contributed by atoms with Gasteiger partial charge in [0.05, 0.1) is 46.6 Å². The molecular weight excluding hydrogens is 1280 g/mol. The molecule has 0 aliphatic carbocycles. The number of rotatable bonds is 29. The third-order valence-electron chi connectivity index (χ3n) is 17.3. The largest absolute Gasteiger partial charge is 0.452 e. The van der Waals surface area contributed by atoms with E-state index in [9.17, 15) is 0 Å². The highest BCUT2D eigenvalue weighted by Gasteiger charge is 2.54. The lowest BCUT2D eigenvalue weighted by Crippen LogP contribution is -2.60. The average molecular weight is 1350 g/mol. The molecule has 0 amide bonds. The third-order valence-corrected chi connectivity index (χ3v) is 17.3. The summed E-state index contributed by atoms with van der Waals surface area (Å²) in [6.45, 7) is -1.44. The molecule has 12 rings (SSSR count). The standard InChI is InChI=1S/C88H70O14/c89-81(63-37-13-1-14-38-63)97-75(61-95-87(69-49-25-7-26-50-69,70-51-27-8-28-52-70)71-53-29-9-30-54-71)77(99-83(91)65-41-17-3-18-42-65)79(101-85(93)67-45-21-5-22-46-67)80(102-86(94)68-47-23-6-24-48-68)78(100-84(92)66-43-19-4-20-44-66)76(98-82(90)64-39-15-2-16-40-64)62-96-88(72-55-31-10-32-56-72,73-57-33-11-34-58-73)74-59-35-12-36-60-74/h1-60,75-80H,61-62H2/t75-,76-,77-,78+,79+,80+/m1/s1. The molecule has 506 valence electrons. The van der Waals surface area contributed by atoms with Crippen molar-refractivity contribution in [3.8, 4) is 0 Å². The first-order valence-electron chi connectivity index (χ1n) is 33.3. The maximum Gasteiger partial charge on any atom is 0.338 e. The molecule has 0 fully saturated rings. The van der Waals surface area contributed by atoms with Crippen LogP contribution in [0.15, 0.2) is 364 Å². The monoisotopic (exact) mass is 1350 g/mol. The first kappa shape index (κ1) is 69.3. The zero-order valence-electron chi connectivity index (χ0n) is 55.2. The second kappa shape index (κ2) is 33.8. The Balaban J connectivity index is 1.14. The number of esters is 6. The zero-order chi connectivity index (χ0) is 70.4. The molecule has 0 radical (unpaired) electrons. The first-order chi connectivity index (χ1) is 50.1. The van der Waals surface area contributed by atoms with E-state index in [1.807, 2.05) is 182 Å². The highest BCUT2D eigenvalue weighted by Crippen LogP contribution is 2.44. The fraction of sp³-hybridized carbons (Fsp3) is 0.114. The van der Waals surface area contributed by atoms with Gasteiger partial charge in [-0.1, -0.05) is 291 Å². The van der Waals surface area contributed by atoms with Crippen LogP contribution < -0.4 is 0 Å². The SMILES string of the molecule is O=C(O[C@H]([C@@H](OC(=O)c1ccccc1)[C@H](OC(=O)c1ccccc1)[C@@H](COC(c1ccccc1)(c1ccccc1)c1ccccc1)OC(=O)c1ccccc1)[C@@H](OC(=O)c1ccccc1)[C@@H](COC(c1ccccc1)(c1ccccc1)c1ccccc1)OC(=O)c1ccccc1)c1ccccc1. The molecule has 0 unspecified atom stereocenters. The molecule has 6 atom stereocenters. The summed E-state index contributed by atoms with van der Waals surface area (Å²) in [5.41, 5.74) is 0.435. The van der Waals surface area contributed by atoms with Crippen LogP contribution in [0.5, 0.6) is 0 Å². The molecule has 0 spiro atoms. The zero-order valence-corrected chi connectivity index (χ0v) is 55.2. The van der Waals surface area contributed by atoms with Gasteiger partial charge in [0.25, 0.3) is 0 Å². The van der Waals surface area contributed by atoms with Crippen LogP contribution in [0.3, 0.4) is 0 Å². The number of ether oxygens (including phenoxy) is 8. The van der Waals surface area contributed by atoms with E-state index >= 15 is 28.8 Å². The maximum atomic E-state index is 15.8. The van der Waals surface area contributed by atoms with Gasteiger partial charge in [-0.3, -0.25) is 0 Å². The topological polar surface area (TPSA) is 176 Å². The van der Waals surface area contributed by atoms with E-state index in [0.717, 1.165) is 0 Å². The van der Waals surface area contributed by atoms with Crippen LogP contribution >= 0.6 is 0 Å². The number of carbonyl (C=O) groups is 6. The van der Waals surface area contributed by atoms with Gasteiger partial charge < -0.3 is 37.9 Å². The second-order valence-electron chi connectivity index (χ2n) is 23.7. The highest BCUT2D eigenvalue weighted by atomic mass is 16.7. The summed E-state index contributed by atoms with van der Waals surface area (Å²) in [5, 5.41) is 0. The van der Waals surface area contributed by atoms with E-state index in [0.29, 0.717) is 33.4 Å². The van der Waals surface area contributed by atoms with Gasteiger partial charge in [0.15, 0.2) is 36.6 Å². The van der Waals surface area contributed by atoms with Gasteiger partial charge >= 0.3 is 35.8 Å². The van der Waals surface area contributed by atoms with E-state index < -0.39 is 96.9 Å². The number of hydrogen-bond acceptors (Lipinski definition) is 14. The summed E-state index contributed by atoms with van der Waals surface area (Å²) in [4.78, 5) is 93.7. The molecular formula is C88H70O14. The van der Waals surface area contributed by atoms with Crippen molar-refractivity contribution in [2.24, 2.45) is 0 Å². The second-order valence-corrected chi connectivity index (χ2v) is 23.7. The molecule has 0 saturated carbocycles. The van der Waals surface area contributed by atoms with Gasteiger partial charge in [0.1, 0.15) is 11.2 Å². The Kier molecular flexibility index (Phi) is 22.9. The van der Waals surface area contributed by atoms with Crippen molar-refractivity contribution < 1.29 is 66.7 Å². The molecule has 12 aromatic rings. The molecule has 14 heteroatoms. The van der Waals surface area contributed by atoms with E-state index in [2.05, 4.69) is 0 Å². The summed E-state index contributed by atoms with van der Waals surface area (Å²) in [6.07, 6.45) is -12.9. The van der Waals surface area contributed by atoms with Crippen molar-refractivity contribution in [1.29, 1.82) is 0 Å². The minimum Gasteiger partial charge on any atom is -0.452 e. The molecule has 0 bridgehead atoms. The molecule has 0 aromatic heterocycles. The number of hydrogen-bond donors (Lipinski definition) is 0. The molecule has 14 nitrogen and oxygen atoms in total. The Morgan fingerprint density at radius 2 is 0.343 bits per heavy atom. The Bertz CT molecular complexity index is 4150. The van der Waals surface area contributed by atoms with Gasteiger partial charge in [0, 0.05) is 0 Å². The Morgan fingerprint density at radius 3 is 0.520 bits per heavy atom. The van der Waals surface area contributed by atoms with E-state index in [1.54, 1.807) is 109 Å². The van der Waals surface area contributed by atoms with Gasteiger partial charge in [-0.05, 0) is 106 Å². The van der Waals surface area contributed by atoms with E-state index in [4.69, 9.17) is 37.9 Å². The summed E-state index contributed by atoms with van der Waals surface area (Å²) < 4.78 is 56.4. The van der Waals surface area contributed by atoms with Crippen LogP contribution in [0.2, 0.25) is 0 Å². The van der Waals surface area contributed by atoms with Crippen LogP contribution in [-0.4, -0.2) is 85.7 Å². The molecule has 0 aliphatic heterocycles. The summed E-state index contributed by atoms with van der Waals surface area (Å²) >= 11 is 0. The van der Waals surface area contributed by atoms with Crippen molar-refractivity contribution in [3.05, 3.63) is 431 Å². The summed E-state index contributed by atoms with van der Waals surface area (Å²) in [6, 6.07) is 103. The minimum atomic E-state index is -2.32. The quantitative estimate of drug-likeness (QED) is 0.0246. The van der Waals surface area contributed by atoms with Crippen LogP contribution in [0.25, 0.3) is 0 Å². The van der Waals surface area contributed by atoms with Crippen LogP contribution in [0.1, 0.15) is 95.5 Å². The van der Waals surface area contributed by atoms with Crippen molar-refractivity contribution >= 4 is 35.8 Å². The molecule has 0 N–H and O–H groups in total. The predicted molar refractivity (Wildman–Crippen MR) is 384 cm³/mol. The van der Waals surface area contributed by atoms with E-state index in [1.165, 1.54) is 72.8 Å². The minimum absolute atomic E-state index is 0.0241. The molecule has 102 heavy (non-hydrogen) atoms. The summed E-state index contributed by atoms with van der Waals surface area (Å²) in [5.74, 6) is -6.22. The Morgan fingerprint density at radius 1 is 0.196 bits per heavy atom. The average Bonchev–Trinajstić information content (AvgIpc) is 0.759. The molecule has 0 aliphatic rings. The molecule has 0 heterocycles. The van der Waals surface area contributed by atoms with E-state index in [-0.39, 0.29) is 33.4 Å². The maximum absolute atomic E-state index is 15.8. The Hall–Kier alpha value is -12.6. The smallest absolute Gasteiger partial charge is 0.338 e. The van der Waals surface area contributed by atoms with Gasteiger partial charge in [-0.25, -0.2) is 28.8 Å². The third kappa shape index (κ3) is 16.4. The Labute approximate surface area is 591 Å². The lowest BCUT2D eigenvalue weighted by Gasteiger charge is -2.42. The highest BCUT2D eigenvalue weighted by molar-refractivity contribution is 5.93. The van der Waals surface area contributed by atoms with Crippen molar-refractivity contribution in [2.75, 3.05) is 13.2 Å².